The van der Waals surface area contributed by atoms with Gasteiger partial charge in [-0.05, 0) is 45.9 Å². The van der Waals surface area contributed by atoms with Crippen molar-refractivity contribution in [2.75, 3.05) is 0 Å². The summed E-state index contributed by atoms with van der Waals surface area (Å²) in [5, 5.41) is 1.36. The van der Waals surface area contributed by atoms with Crippen LogP contribution in [0.15, 0.2) is 54.7 Å². The first-order valence-corrected chi connectivity index (χ1v) is 7.10. The van der Waals surface area contributed by atoms with E-state index in [0.717, 1.165) is 6.42 Å². The minimum Gasteiger partial charge on any atom is -0.350 e. The van der Waals surface area contributed by atoms with Crippen LogP contribution < -0.4 is 0 Å². The van der Waals surface area contributed by atoms with E-state index < -0.39 is 0 Å². The van der Waals surface area contributed by atoms with Crippen LogP contribution in [0.25, 0.3) is 10.9 Å². The summed E-state index contributed by atoms with van der Waals surface area (Å²) in [6, 6.07) is 17.2. The van der Waals surface area contributed by atoms with E-state index in [1.807, 2.05) is 0 Å². The topological polar surface area (TPSA) is 4.93 Å². The predicted octanol–water partition coefficient (Wildman–Crippen LogP) is 4.37. The molecule has 0 fully saturated rings. The summed E-state index contributed by atoms with van der Waals surface area (Å²) in [5.41, 5.74) is 4.10. The lowest BCUT2D eigenvalue weighted by Crippen LogP contribution is -1.90. The number of fused-ring (bicyclic) bond motifs is 1. The molecule has 0 unspecified atom stereocenters. The maximum atomic E-state index is 2.41. The molecule has 1 nitrogen and oxygen atoms in total. The number of hydrogen-bond donors (Lipinski definition) is 0. The maximum absolute atomic E-state index is 2.41. The van der Waals surface area contributed by atoms with Gasteiger partial charge in [0.15, 0.2) is 0 Å². The van der Waals surface area contributed by atoms with Gasteiger partial charge in [0.05, 0.1) is 0 Å². The molecule has 90 valence electrons. The van der Waals surface area contributed by atoms with Crippen LogP contribution in [0, 0.1) is 3.57 Å². The summed E-state index contributed by atoms with van der Waals surface area (Å²) >= 11 is 2.41. The second-order valence-corrected chi connectivity index (χ2v) is 5.71. The van der Waals surface area contributed by atoms with Crippen LogP contribution in [0.1, 0.15) is 11.1 Å². The molecule has 1 heterocycles. The van der Waals surface area contributed by atoms with Crippen LogP contribution >= 0.6 is 22.6 Å². The van der Waals surface area contributed by atoms with Crippen LogP contribution in [0.4, 0.5) is 0 Å². The molecule has 3 aromatic rings. The molecule has 0 spiro atoms. The number of para-hydroxylation sites is 1. The Bertz CT molecular complexity index is 697. The van der Waals surface area contributed by atoms with E-state index in [9.17, 15) is 0 Å². The Morgan fingerprint density at radius 1 is 0.944 bits per heavy atom. The molecule has 2 heteroatoms. The van der Waals surface area contributed by atoms with Crippen molar-refractivity contribution in [3.05, 3.63) is 69.4 Å². The number of hydrogen-bond acceptors (Lipinski definition) is 0. The summed E-state index contributed by atoms with van der Waals surface area (Å²) < 4.78 is 3.54. The zero-order chi connectivity index (χ0) is 12.5. The van der Waals surface area contributed by atoms with E-state index in [1.54, 1.807) is 0 Å². The SMILES string of the molecule is Cn1cc(Cc2ccccc2I)c2ccccc21. The van der Waals surface area contributed by atoms with E-state index >= 15 is 0 Å². The highest BCUT2D eigenvalue weighted by Gasteiger charge is 2.07. The van der Waals surface area contributed by atoms with Gasteiger partial charge in [0, 0.05) is 34.1 Å². The van der Waals surface area contributed by atoms with Gasteiger partial charge in [-0.3, -0.25) is 0 Å². The highest BCUT2D eigenvalue weighted by atomic mass is 127. The molecule has 2 aromatic carbocycles. The Morgan fingerprint density at radius 2 is 1.67 bits per heavy atom. The van der Waals surface area contributed by atoms with Crippen LogP contribution in [0.3, 0.4) is 0 Å². The Kier molecular flexibility index (Phi) is 3.12. The van der Waals surface area contributed by atoms with E-state index in [0.29, 0.717) is 0 Å². The number of halogens is 1. The Morgan fingerprint density at radius 3 is 2.50 bits per heavy atom. The Balaban J connectivity index is 2.08. The van der Waals surface area contributed by atoms with Crippen molar-refractivity contribution in [3.63, 3.8) is 0 Å². The second kappa shape index (κ2) is 4.76. The standard InChI is InChI=1S/C16H14IN/c1-18-11-13(14-7-3-5-9-16(14)18)10-12-6-2-4-8-15(12)17/h2-9,11H,10H2,1H3. The summed E-state index contributed by atoms with van der Waals surface area (Å²) in [4.78, 5) is 0. The lowest BCUT2D eigenvalue weighted by atomic mass is 10.0. The predicted molar refractivity (Wildman–Crippen MR) is 84.9 cm³/mol. The van der Waals surface area contributed by atoms with Gasteiger partial charge in [0.2, 0.25) is 0 Å². The third-order valence-corrected chi connectivity index (χ3v) is 4.37. The molecule has 0 atom stereocenters. The summed E-state index contributed by atoms with van der Waals surface area (Å²) in [6.45, 7) is 0. The van der Waals surface area contributed by atoms with Gasteiger partial charge >= 0.3 is 0 Å². The van der Waals surface area contributed by atoms with Crippen molar-refractivity contribution in [1.29, 1.82) is 0 Å². The second-order valence-electron chi connectivity index (χ2n) is 4.55. The molecule has 18 heavy (non-hydrogen) atoms. The maximum Gasteiger partial charge on any atom is 0.0480 e. The van der Waals surface area contributed by atoms with E-state index in [-0.39, 0.29) is 0 Å². The number of rotatable bonds is 2. The first kappa shape index (κ1) is 11.8. The molecule has 0 saturated carbocycles. The average Bonchev–Trinajstić information content (AvgIpc) is 2.70. The van der Waals surface area contributed by atoms with Crippen LogP contribution in [-0.2, 0) is 13.5 Å². The van der Waals surface area contributed by atoms with Gasteiger partial charge in [0.1, 0.15) is 0 Å². The lowest BCUT2D eigenvalue weighted by Gasteiger charge is -2.03. The van der Waals surface area contributed by atoms with Crippen LogP contribution in [-0.4, -0.2) is 4.57 Å². The van der Waals surface area contributed by atoms with Gasteiger partial charge in [-0.25, -0.2) is 0 Å². The largest absolute Gasteiger partial charge is 0.350 e. The molecule has 0 aliphatic rings. The first-order valence-electron chi connectivity index (χ1n) is 6.02. The molecule has 0 aliphatic carbocycles. The molecule has 0 bridgehead atoms. The van der Waals surface area contributed by atoms with Gasteiger partial charge in [0.25, 0.3) is 0 Å². The van der Waals surface area contributed by atoms with E-state index in [2.05, 4.69) is 88.9 Å². The van der Waals surface area contributed by atoms with Gasteiger partial charge in [-0.2, -0.15) is 0 Å². The number of nitrogens with zero attached hydrogens (tertiary/aromatic N) is 1. The zero-order valence-corrected chi connectivity index (χ0v) is 12.4. The molecular weight excluding hydrogens is 333 g/mol. The van der Waals surface area contributed by atoms with Crippen molar-refractivity contribution < 1.29 is 0 Å². The third kappa shape index (κ3) is 2.05. The van der Waals surface area contributed by atoms with Crippen LogP contribution in [0.5, 0.6) is 0 Å². The van der Waals surface area contributed by atoms with Crippen molar-refractivity contribution >= 4 is 33.5 Å². The zero-order valence-electron chi connectivity index (χ0n) is 10.2. The number of aromatic nitrogens is 1. The molecule has 3 rings (SSSR count). The quantitative estimate of drug-likeness (QED) is 0.607. The molecule has 0 aliphatic heterocycles. The van der Waals surface area contributed by atoms with E-state index in [4.69, 9.17) is 0 Å². The van der Waals surface area contributed by atoms with E-state index in [1.165, 1.54) is 25.6 Å². The highest BCUT2D eigenvalue weighted by Crippen LogP contribution is 2.24. The van der Waals surface area contributed by atoms with Crippen molar-refractivity contribution in [3.8, 4) is 0 Å². The average molecular weight is 347 g/mol. The molecule has 0 saturated heterocycles. The Labute approximate surface area is 121 Å². The third-order valence-electron chi connectivity index (χ3n) is 3.32. The minimum atomic E-state index is 1.00. The van der Waals surface area contributed by atoms with Crippen LogP contribution in [0.2, 0.25) is 0 Å². The monoisotopic (exact) mass is 347 g/mol. The molecule has 0 N–H and O–H groups in total. The fraction of sp³-hybridized carbons (Fsp3) is 0.125. The molecular formula is C16H14IN. The summed E-state index contributed by atoms with van der Waals surface area (Å²) in [5.74, 6) is 0. The van der Waals surface area contributed by atoms with Crippen molar-refractivity contribution in [2.24, 2.45) is 7.05 Å². The smallest absolute Gasteiger partial charge is 0.0480 e. The normalized spacial score (nSPS) is 11.0. The first-order chi connectivity index (χ1) is 8.75. The fourth-order valence-corrected chi connectivity index (χ4v) is 2.99. The summed E-state index contributed by atoms with van der Waals surface area (Å²) in [7, 11) is 2.11. The highest BCUT2D eigenvalue weighted by molar-refractivity contribution is 14.1. The number of benzene rings is 2. The molecule has 0 radical (unpaired) electrons. The molecule has 0 amide bonds. The lowest BCUT2D eigenvalue weighted by molar-refractivity contribution is 0.957. The summed E-state index contributed by atoms with van der Waals surface area (Å²) in [6.07, 6.45) is 3.24. The van der Waals surface area contributed by atoms with Crippen molar-refractivity contribution in [1.82, 2.24) is 4.57 Å². The van der Waals surface area contributed by atoms with Gasteiger partial charge in [-0.1, -0.05) is 36.4 Å². The fourth-order valence-electron chi connectivity index (χ4n) is 2.41. The minimum absolute atomic E-state index is 1.00. The van der Waals surface area contributed by atoms with Gasteiger partial charge < -0.3 is 4.57 Å². The Hall–Kier alpha value is -1.29. The van der Waals surface area contributed by atoms with Crippen molar-refractivity contribution in [2.45, 2.75) is 6.42 Å². The number of aryl methyl sites for hydroxylation is 1. The molecule has 1 aromatic heterocycles. The van der Waals surface area contributed by atoms with Gasteiger partial charge in [-0.15, -0.1) is 0 Å².